The summed E-state index contributed by atoms with van der Waals surface area (Å²) in [5, 5.41) is 12.3. The Morgan fingerprint density at radius 1 is 1.50 bits per heavy atom. The molecule has 0 radical (unpaired) electrons. The molecule has 1 N–H and O–H groups in total. The lowest BCUT2D eigenvalue weighted by Gasteiger charge is -2.17. The molecular formula is C11H20N2S. The molecule has 0 aliphatic heterocycles. The van der Waals surface area contributed by atoms with Crippen LogP contribution in [0.3, 0.4) is 0 Å². The van der Waals surface area contributed by atoms with Gasteiger partial charge in [0.05, 0.1) is 11.5 Å². The van der Waals surface area contributed by atoms with Gasteiger partial charge in [0, 0.05) is 11.3 Å². The van der Waals surface area contributed by atoms with Crippen LogP contribution in [0.5, 0.6) is 0 Å². The molecule has 0 spiro atoms. The molecule has 0 atom stereocenters. The zero-order chi connectivity index (χ0) is 10.7. The Bertz CT molecular complexity index is 226. The second-order valence-electron chi connectivity index (χ2n) is 4.81. The highest BCUT2D eigenvalue weighted by atomic mass is 32.2. The van der Waals surface area contributed by atoms with Gasteiger partial charge in [0.2, 0.25) is 0 Å². The van der Waals surface area contributed by atoms with Gasteiger partial charge in [-0.05, 0) is 45.9 Å². The minimum absolute atomic E-state index is 0.178. The molecule has 14 heavy (non-hydrogen) atoms. The lowest BCUT2D eigenvalue weighted by atomic mass is 9.91. The molecule has 0 amide bonds. The Kier molecular flexibility index (Phi) is 3.86. The van der Waals surface area contributed by atoms with E-state index in [0.29, 0.717) is 4.75 Å². The van der Waals surface area contributed by atoms with Gasteiger partial charge in [0.25, 0.3) is 0 Å². The molecule has 1 aliphatic carbocycles. The first kappa shape index (κ1) is 11.9. The van der Waals surface area contributed by atoms with E-state index in [-0.39, 0.29) is 5.41 Å². The van der Waals surface area contributed by atoms with E-state index in [1.165, 1.54) is 12.8 Å². The van der Waals surface area contributed by atoms with Crippen LogP contribution in [0.25, 0.3) is 0 Å². The number of hydrogen-bond acceptors (Lipinski definition) is 3. The highest BCUT2D eigenvalue weighted by Crippen LogP contribution is 2.46. The lowest BCUT2D eigenvalue weighted by molar-refractivity contribution is 0.432. The van der Waals surface area contributed by atoms with Crippen LogP contribution in [-0.4, -0.2) is 24.1 Å². The van der Waals surface area contributed by atoms with Gasteiger partial charge >= 0.3 is 0 Å². The number of nitrogens with zero attached hydrogens (tertiary/aromatic N) is 1. The van der Waals surface area contributed by atoms with Crippen LogP contribution < -0.4 is 5.32 Å². The quantitative estimate of drug-likeness (QED) is 0.687. The van der Waals surface area contributed by atoms with Crippen molar-refractivity contribution in [2.24, 2.45) is 5.41 Å². The van der Waals surface area contributed by atoms with Crippen LogP contribution in [0.15, 0.2) is 0 Å². The van der Waals surface area contributed by atoms with Crippen molar-refractivity contribution >= 4 is 11.8 Å². The van der Waals surface area contributed by atoms with Crippen LogP contribution in [0, 0.1) is 16.7 Å². The summed E-state index contributed by atoms with van der Waals surface area (Å²) in [6, 6.07) is 2.32. The van der Waals surface area contributed by atoms with Crippen molar-refractivity contribution in [2.75, 3.05) is 19.3 Å². The first-order chi connectivity index (χ1) is 6.54. The van der Waals surface area contributed by atoms with Crippen molar-refractivity contribution in [1.82, 2.24) is 5.32 Å². The molecule has 0 aromatic carbocycles. The largest absolute Gasteiger partial charge is 0.315 e. The number of thioether (sulfide) groups is 1. The van der Waals surface area contributed by atoms with E-state index in [9.17, 15) is 0 Å². The van der Waals surface area contributed by atoms with E-state index in [4.69, 9.17) is 5.26 Å². The Morgan fingerprint density at radius 2 is 2.14 bits per heavy atom. The predicted molar refractivity (Wildman–Crippen MR) is 62.4 cm³/mol. The topological polar surface area (TPSA) is 35.8 Å². The summed E-state index contributed by atoms with van der Waals surface area (Å²) in [7, 11) is 0. The van der Waals surface area contributed by atoms with Gasteiger partial charge in [-0.1, -0.05) is 0 Å². The van der Waals surface area contributed by atoms with Gasteiger partial charge in [-0.2, -0.15) is 17.0 Å². The SMILES string of the molecule is CSC1(CNCCC(C)(C)C#N)CC1. The lowest BCUT2D eigenvalue weighted by Crippen LogP contribution is -2.29. The molecule has 1 fully saturated rings. The fraction of sp³-hybridized carbons (Fsp3) is 0.909. The summed E-state index contributed by atoms with van der Waals surface area (Å²) < 4.78 is 0.538. The molecule has 0 saturated heterocycles. The van der Waals surface area contributed by atoms with Crippen molar-refractivity contribution in [1.29, 1.82) is 5.26 Å². The third-order valence-electron chi connectivity index (χ3n) is 2.92. The van der Waals surface area contributed by atoms with Crippen LogP contribution in [-0.2, 0) is 0 Å². The summed E-state index contributed by atoms with van der Waals surface area (Å²) in [6.07, 6.45) is 5.83. The normalized spacial score (nSPS) is 19.0. The molecule has 1 aliphatic rings. The van der Waals surface area contributed by atoms with Crippen LogP contribution in [0.4, 0.5) is 0 Å². The molecule has 2 nitrogen and oxygen atoms in total. The Balaban J connectivity index is 2.09. The molecule has 0 aromatic heterocycles. The third kappa shape index (κ3) is 3.51. The van der Waals surface area contributed by atoms with E-state index >= 15 is 0 Å². The second kappa shape index (κ2) is 4.55. The van der Waals surface area contributed by atoms with E-state index < -0.39 is 0 Å². The number of nitrogens with one attached hydrogen (secondary N) is 1. The molecule has 0 unspecified atom stereocenters. The molecular weight excluding hydrogens is 192 g/mol. The molecule has 0 bridgehead atoms. The minimum atomic E-state index is -0.178. The summed E-state index contributed by atoms with van der Waals surface area (Å²) in [5.41, 5.74) is -0.178. The average molecular weight is 212 g/mol. The van der Waals surface area contributed by atoms with Crippen molar-refractivity contribution in [3.8, 4) is 6.07 Å². The maximum absolute atomic E-state index is 8.83. The fourth-order valence-electron chi connectivity index (χ4n) is 1.37. The van der Waals surface area contributed by atoms with E-state index in [1.807, 2.05) is 25.6 Å². The fourth-order valence-corrected chi connectivity index (χ4v) is 2.12. The Labute approximate surface area is 91.4 Å². The monoisotopic (exact) mass is 212 g/mol. The number of rotatable bonds is 6. The zero-order valence-corrected chi connectivity index (χ0v) is 10.2. The van der Waals surface area contributed by atoms with Crippen LogP contribution in [0.1, 0.15) is 33.1 Å². The minimum Gasteiger partial charge on any atom is -0.315 e. The maximum Gasteiger partial charge on any atom is 0.0684 e. The Morgan fingerprint density at radius 3 is 2.57 bits per heavy atom. The zero-order valence-electron chi connectivity index (χ0n) is 9.39. The van der Waals surface area contributed by atoms with Gasteiger partial charge in [0.15, 0.2) is 0 Å². The summed E-state index contributed by atoms with van der Waals surface area (Å²) in [5.74, 6) is 0. The van der Waals surface area contributed by atoms with Gasteiger partial charge in [0.1, 0.15) is 0 Å². The standard InChI is InChI=1S/C11H20N2S/c1-10(2,8-12)6-7-13-9-11(14-3)4-5-11/h13H,4-7,9H2,1-3H3. The first-order valence-electron chi connectivity index (χ1n) is 5.21. The number of nitriles is 1. The van der Waals surface area contributed by atoms with Gasteiger partial charge in [-0.25, -0.2) is 0 Å². The van der Waals surface area contributed by atoms with Crippen LogP contribution in [0.2, 0.25) is 0 Å². The first-order valence-corrected chi connectivity index (χ1v) is 6.43. The second-order valence-corrected chi connectivity index (χ2v) is 6.08. The van der Waals surface area contributed by atoms with Crippen molar-refractivity contribution in [3.63, 3.8) is 0 Å². The third-order valence-corrected chi connectivity index (χ3v) is 4.34. The van der Waals surface area contributed by atoms with Crippen molar-refractivity contribution in [2.45, 2.75) is 37.9 Å². The molecule has 3 heteroatoms. The van der Waals surface area contributed by atoms with E-state index in [1.54, 1.807) is 0 Å². The smallest absolute Gasteiger partial charge is 0.0684 e. The summed E-state index contributed by atoms with van der Waals surface area (Å²) in [6.45, 7) is 6.06. The van der Waals surface area contributed by atoms with Gasteiger partial charge in [-0.3, -0.25) is 0 Å². The van der Waals surface area contributed by atoms with Gasteiger partial charge in [-0.15, -0.1) is 0 Å². The van der Waals surface area contributed by atoms with E-state index in [2.05, 4.69) is 17.6 Å². The van der Waals surface area contributed by atoms with E-state index in [0.717, 1.165) is 19.5 Å². The average Bonchev–Trinajstić information content (AvgIpc) is 2.94. The maximum atomic E-state index is 8.83. The molecule has 0 aromatic rings. The van der Waals surface area contributed by atoms with Gasteiger partial charge < -0.3 is 5.32 Å². The molecule has 1 rings (SSSR count). The highest BCUT2D eigenvalue weighted by Gasteiger charge is 2.41. The highest BCUT2D eigenvalue weighted by molar-refractivity contribution is 8.00. The van der Waals surface area contributed by atoms with Crippen molar-refractivity contribution in [3.05, 3.63) is 0 Å². The van der Waals surface area contributed by atoms with Crippen molar-refractivity contribution < 1.29 is 0 Å². The summed E-state index contributed by atoms with van der Waals surface area (Å²) in [4.78, 5) is 0. The molecule has 0 heterocycles. The van der Waals surface area contributed by atoms with Crippen LogP contribution >= 0.6 is 11.8 Å². The molecule has 1 saturated carbocycles. The summed E-state index contributed by atoms with van der Waals surface area (Å²) >= 11 is 1.97. The Hall–Kier alpha value is -0.200. The molecule has 80 valence electrons. The predicted octanol–water partition coefficient (Wildman–Crippen LogP) is 2.41. The number of hydrogen-bond donors (Lipinski definition) is 1.